The van der Waals surface area contributed by atoms with Crippen molar-refractivity contribution in [3.8, 4) is 56.3 Å². The second-order valence-corrected chi connectivity index (χ2v) is 14.6. The van der Waals surface area contributed by atoms with Gasteiger partial charge in [-0.3, -0.25) is 9.97 Å². The van der Waals surface area contributed by atoms with Crippen LogP contribution in [0.15, 0.2) is 158 Å². The lowest BCUT2D eigenvalue weighted by Gasteiger charge is -2.21. The van der Waals surface area contributed by atoms with E-state index < -0.39 is 0 Å². The highest BCUT2D eigenvalue weighted by atomic mass is 16.5. The second kappa shape index (κ2) is 12.7. The Hall–Kier alpha value is -7.18. The lowest BCUT2D eigenvalue weighted by molar-refractivity contribution is 0.415. The molecule has 4 heterocycles. The van der Waals surface area contributed by atoms with Crippen LogP contribution in [0.2, 0.25) is 0 Å². The molecule has 4 aromatic heterocycles. The van der Waals surface area contributed by atoms with Gasteiger partial charge >= 0.3 is 0 Å². The van der Waals surface area contributed by atoms with Crippen molar-refractivity contribution in [3.05, 3.63) is 169 Å². The molecule has 0 saturated carbocycles. The van der Waals surface area contributed by atoms with E-state index in [1.54, 1.807) is 14.2 Å². The average molecular weight is 725 g/mol. The zero-order valence-corrected chi connectivity index (χ0v) is 31.0. The molecule has 6 heteroatoms. The first-order chi connectivity index (χ1) is 27.6. The Morgan fingerprint density at radius 3 is 1.30 bits per heavy atom. The number of pyridine rings is 2. The number of hydrogen-bond acceptors (Lipinski definition) is 4. The van der Waals surface area contributed by atoms with Gasteiger partial charge in [-0.15, -0.1) is 0 Å². The number of methoxy groups -OCH3 is 2. The van der Waals surface area contributed by atoms with Gasteiger partial charge in [0.2, 0.25) is 0 Å². The number of benzene rings is 6. The number of aryl methyl sites for hydroxylation is 2. The van der Waals surface area contributed by atoms with Crippen LogP contribution >= 0.6 is 0 Å². The number of ether oxygens (including phenoxy) is 2. The fraction of sp³-hybridized carbons (Fsp3) is 0.0800. The van der Waals surface area contributed by atoms with Gasteiger partial charge in [0.15, 0.2) is 0 Å². The topological polar surface area (TPSA) is 54.1 Å². The van der Waals surface area contributed by atoms with Gasteiger partial charge in [0.05, 0.1) is 60.1 Å². The molecule has 56 heavy (non-hydrogen) atoms. The molecule has 10 aromatic rings. The molecule has 0 spiro atoms. The van der Waals surface area contributed by atoms with Crippen LogP contribution in [0.1, 0.15) is 11.1 Å². The van der Waals surface area contributed by atoms with E-state index in [-0.39, 0.29) is 0 Å². The Kier molecular flexibility index (Phi) is 7.32. The Bertz CT molecular complexity index is 2950. The van der Waals surface area contributed by atoms with Crippen molar-refractivity contribution in [2.75, 3.05) is 14.2 Å². The zero-order valence-electron chi connectivity index (χ0n) is 31.0. The molecule has 0 fully saturated rings. The highest BCUT2D eigenvalue weighted by Crippen LogP contribution is 2.45. The van der Waals surface area contributed by atoms with E-state index in [0.717, 1.165) is 69.0 Å². The van der Waals surface area contributed by atoms with E-state index in [2.05, 4.69) is 128 Å². The monoisotopic (exact) mass is 724 g/mol. The van der Waals surface area contributed by atoms with Crippen LogP contribution in [0.25, 0.3) is 88.4 Å². The van der Waals surface area contributed by atoms with Gasteiger partial charge in [-0.25, -0.2) is 0 Å². The number of rotatable bonds is 6. The average Bonchev–Trinajstić information content (AvgIpc) is 3.76. The standard InChI is InChI=1S/C50H36N4O2/c1-55-39-11-3-7-31(21-39)33-15-17-47-43(23-33)45-25-35-13-14-36-26-46-44-24-34(32-8-4-12-40(22-32)56-2)16-18-48(44)54(38-10-6-20-52-30-38)50(46)28-42(36)41(35)27-49(45)53(47)37-9-5-19-51-29-37/h3-12,15-30H,13-14H2,1-2H3. The fourth-order valence-corrected chi connectivity index (χ4v) is 8.90. The van der Waals surface area contributed by atoms with E-state index in [1.165, 1.54) is 54.8 Å². The van der Waals surface area contributed by atoms with Crippen molar-refractivity contribution in [1.29, 1.82) is 0 Å². The summed E-state index contributed by atoms with van der Waals surface area (Å²) >= 11 is 0. The van der Waals surface area contributed by atoms with Crippen LogP contribution < -0.4 is 9.47 Å². The van der Waals surface area contributed by atoms with Crippen molar-refractivity contribution in [1.82, 2.24) is 19.1 Å². The first-order valence-corrected chi connectivity index (χ1v) is 19.0. The fourth-order valence-electron chi connectivity index (χ4n) is 8.90. The molecular weight excluding hydrogens is 689 g/mol. The van der Waals surface area contributed by atoms with Gasteiger partial charge in [-0.2, -0.15) is 0 Å². The lowest BCUT2D eigenvalue weighted by Crippen LogP contribution is -2.05. The van der Waals surface area contributed by atoms with E-state index in [9.17, 15) is 0 Å². The van der Waals surface area contributed by atoms with Crippen molar-refractivity contribution in [2.24, 2.45) is 0 Å². The van der Waals surface area contributed by atoms with Crippen LogP contribution in [0.5, 0.6) is 11.5 Å². The molecule has 0 radical (unpaired) electrons. The molecule has 1 aliphatic rings. The highest BCUT2D eigenvalue weighted by molar-refractivity contribution is 6.14. The first-order valence-electron chi connectivity index (χ1n) is 19.0. The third-order valence-electron chi connectivity index (χ3n) is 11.5. The molecule has 11 rings (SSSR count). The highest BCUT2D eigenvalue weighted by Gasteiger charge is 2.24. The minimum atomic E-state index is 0.849. The molecule has 6 aromatic carbocycles. The molecule has 1 aliphatic carbocycles. The Morgan fingerprint density at radius 1 is 0.429 bits per heavy atom. The zero-order chi connectivity index (χ0) is 37.3. The number of fused-ring (bicyclic) bond motifs is 9. The maximum absolute atomic E-state index is 5.57. The Balaban J connectivity index is 1.15. The van der Waals surface area contributed by atoms with Gasteiger partial charge in [-0.1, -0.05) is 36.4 Å². The summed E-state index contributed by atoms with van der Waals surface area (Å²) in [5.41, 5.74) is 16.6. The normalized spacial score (nSPS) is 12.3. The van der Waals surface area contributed by atoms with E-state index in [1.807, 2.05) is 49.1 Å². The van der Waals surface area contributed by atoms with E-state index in [0.29, 0.717) is 0 Å². The number of hydrogen-bond donors (Lipinski definition) is 0. The van der Waals surface area contributed by atoms with Crippen molar-refractivity contribution in [2.45, 2.75) is 12.8 Å². The van der Waals surface area contributed by atoms with Crippen LogP contribution in [0, 0.1) is 0 Å². The molecule has 0 bridgehead atoms. The molecule has 0 N–H and O–H groups in total. The van der Waals surface area contributed by atoms with Gasteiger partial charge < -0.3 is 18.6 Å². The minimum Gasteiger partial charge on any atom is -0.497 e. The summed E-state index contributed by atoms with van der Waals surface area (Å²) in [6.07, 6.45) is 9.52. The number of aromatic nitrogens is 4. The minimum absolute atomic E-state index is 0.849. The van der Waals surface area contributed by atoms with Gasteiger partial charge in [0.25, 0.3) is 0 Å². The summed E-state index contributed by atoms with van der Waals surface area (Å²) in [6, 6.07) is 48.2. The maximum atomic E-state index is 5.57. The molecule has 6 nitrogen and oxygen atoms in total. The SMILES string of the molecule is COc1cccc(-c2ccc3c(c2)c2cc4c(cc2n3-c2cccnc2)-c2cc3c(cc2CC4)c2cc(-c4cccc(OC)c4)ccc2n3-c2cccnc2)c1. The molecular formula is C50H36N4O2. The molecule has 268 valence electrons. The molecule has 0 unspecified atom stereocenters. The summed E-state index contributed by atoms with van der Waals surface area (Å²) in [5, 5.41) is 4.92. The van der Waals surface area contributed by atoms with Crippen LogP contribution in [-0.2, 0) is 12.8 Å². The van der Waals surface area contributed by atoms with Crippen molar-refractivity contribution in [3.63, 3.8) is 0 Å². The van der Waals surface area contributed by atoms with Crippen LogP contribution in [0.3, 0.4) is 0 Å². The Labute approximate surface area is 323 Å². The largest absolute Gasteiger partial charge is 0.497 e. The summed E-state index contributed by atoms with van der Waals surface area (Å²) in [4.78, 5) is 9.08. The van der Waals surface area contributed by atoms with Crippen LogP contribution in [0.4, 0.5) is 0 Å². The lowest BCUT2D eigenvalue weighted by atomic mass is 9.84. The van der Waals surface area contributed by atoms with E-state index >= 15 is 0 Å². The van der Waals surface area contributed by atoms with Gasteiger partial charge in [0, 0.05) is 33.9 Å². The molecule has 0 amide bonds. The van der Waals surface area contributed by atoms with Crippen molar-refractivity contribution >= 4 is 43.6 Å². The summed E-state index contributed by atoms with van der Waals surface area (Å²) in [7, 11) is 3.43. The summed E-state index contributed by atoms with van der Waals surface area (Å²) < 4.78 is 15.9. The molecule has 0 atom stereocenters. The quantitative estimate of drug-likeness (QED) is 0.171. The van der Waals surface area contributed by atoms with Crippen LogP contribution in [-0.4, -0.2) is 33.3 Å². The number of nitrogens with zero attached hydrogens (tertiary/aromatic N) is 4. The van der Waals surface area contributed by atoms with E-state index in [4.69, 9.17) is 9.47 Å². The van der Waals surface area contributed by atoms with Crippen molar-refractivity contribution < 1.29 is 9.47 Å². The molecule has 0 saturated heterocycles. The molecule has 0 aliphatic heterocycles. The Morgan fingerprint density at radius 2 is 0.875 bits per heavy atom. The van der Waals surface area contributed by atoms with Gasteiger partial charge in [-0.05, 0) is 154 Å². The summed E-state index contributed by atoms with van der Waals surface area (Å²) in [6.45, 7) is 0. The first kappa shape index (κ1) is 32.3. The second-order valence-electron chi connectivity index (χ2n) is 14.6. The smallest absolute Gasteiger partial charge is 0.119 e. The maximum Gasteiger partial charge on any atom is 0.119 e. The third kappa shape index (κ3) is 5.03. The summed E-state index contributed by atoms with van der Waals surface area (Å²) in [5.74, 6) is 1.70. The third-order valence-corrected chi connectivity index (χ3v) is 11.5. The van der Waals surface area contributed by atoms with Gasteiger partial charge in [0.1, 0.15) is 11.5 Å². The predicted molar refractivity (Wildman–Crippen MR) is 228 cm³/mol. The predicted octanol–water partition coefficient (Wildman–Crippen LogP) is 11.8.